The van der Waals surface area contributed by atoms with Gasteiger partial charge >= 0.3 is 5.97 Å². The molecule has 2 aromatic rings. The van der Waals surface area contributed by atoms with E-state index in [0.717, 1.165) is 12.1 Å². The first-order valence-electron chi connectivity index (χ1n) is 6.26. The number of carbonyl (C=O) groups excluding carboxylic acids is 1. The lowest BCUT2D eigenvalue weighted by Crippen LogP contribution is -2.06. The van der Waals surface area contributed by atoms with Crippen LogP contribution in [0.3, 0.4) is 0 Å². The first kappa shape index (κ1) is 14.1. The minimum atomic E-state index is -1.07. The average Bonchev–Trinajstić information content (AvgIpc) is 2.83. The lowest BCUT2D eigenvalue weighted by Gasteiger charge is -1.99. The summed E-state index contributed by atoms with van der Waals surface area (Å²) in [7, 11) is 0. The highest BCUT2D eigenvalue weighted by Gasteiger charge is 2.24. The Balaban J connectivity index is 1.96. The van der Waals surface area contributed by atoms with Crippen LogP contribution in [-0.4, -0.2) is 11.9 Å². The molecule has 0 aromatic heterocycles. The van der Waals surface area contributed by atoms with Crippen LogP contribution >= 0.6 is 0 Å². The highest BCUT2D eigenvalue weighted by atomic mass is 19.2. The molecule has 0 atom stereocenters. The summed E-state index contributed by atoms with van der Waals surface area (Å²) in [4.78, 5) is 15.7. The van der Waals surface area contributed by atoms with Crippen molar-refractivity contribution in [3.63, 3.8) is 0 Å². The Morgan fingerprint density at radius 2 is 1.82 bits per heavy atom. The SMILES string of the molecule is O=C1OC(c2ccc(F)c(F)c2)=N/C1=C/c1cccc(F)c1. The number of benzene rings is 2. The molecule has 22 heavy (non-hydrogen) atoms. The highest BCUT2D eigenvalue weighted by Crippen LogP contribution is 2.20. The molecule has 6 heteroatoms. The predicted octanol–water partition coefficient (Wildman–Crippen LogP) is 3.45. The highest BCUT2D eigenvalue weighted by molar-refractivity contribution is 6.12. The molecule has 0 fully saturated rings. The first-order chi connectivity index (χ1) is 10.5. The van der Waals surface area contributed by atoms with Gasteiger partial charge in [-0.3, -0.25) is 0 Å². The van der Waals surface area contributed by atoms with Crippen LogP contribution in [0.2, 0.25) is 0 Å². The van der Waals surface area contributed by atoms with Gasteiger partial charge in [0, 0.05) is 5.56 Å². The van der Waals surface area contributed by atoms with E-state index < -0.39 is 23.4 Å². The molecular formula is C16H8F3NO2. The summed E-state index contributed by atoms with van der Waals surface area (Å²) >= 11 is 0. The van der Waals surface area contributed by atoms with Gasteiger partial charge in [0.25, 0.3) is 0 Å². The molecule has 0 radical (unpaired) electrons. The number of ether oxygens (including phenoxy) is 1. The van der Waals surface area contributed by atoms with Crippen LogP contribution in [0.4, 0.5) is 13.2 Å². The lowest BCUT2D eigenvalue weighted by molar-refractivity contribution is -0.129. The molecule has 0 saturated heterocycles. The third kappa shape index (κ3) is 2.76. The van der Waals surface area contributed by atoms with Gasteiger partial charge in [0.2, 0.25) is 5.90 Å². The average molecular weight is 303 g/mol. The smallest absolute Gasteiger partial charge is 0.363 e. The van der Waals surface area contributed by atoms with Crippen LogP contribution in [0.25, 0.3) is 6.08 Å². The van der Waals surface area contributed by atoms with Crippen molar-refractivity contribution in [2.45, 2.75) is 0 Å². The number of esters is 1. The van der Waals surface area contributed by atoms with E-state index in [-0.39, 0.29) is 17.2 Å². The van der Waals surface area contributed by atoms with E-state index in [2.05, 4.69) is 4.99 Å². The largest absolute Gasteiger partial charge is 0.402 e. The number of aliphatic imine (C=N–C) groups is 1. The Kier molecular flexibility index (Phi) is 3.50. The van der Waals surface area contributed by atoms with Gasteiger partial charge in [0.1, 0.15) is 5.82 Å². The molecule has 1 aliphatic rings. The topological polar surface area (TPSA) is 38.7 Å². The second kappa shape index (κ2) is 5.48. The number of hydrogen-bond donors (Lipinski definition) is 0. The third-order valence-electron chi connectivity index (χ3n) is 2.94. The fourth-order valence-corrected chi connectivity index (χ4v) is 1.92. The van der Waals surface area contributed by atoms with Crippen molar-refractivity contribution >= 4 is 17.9 Å². The zero-order chi connectivity index (χ0) is 15.7. The number of hydrogen-bond acceptors (Lipinski definition) is 3. The zero-order valence-electron chi connectivity index (χ0n) is 11.0. The lowest BCUT2D eigenvalue weighted by atomic mass is 10.2. The Morgan fingerprint density at radius 3 is 2.55 bits per heavy atom. The monoisotopic (exact) mass is 303 g/mol. The molecule has 2 aromatic carbocycles. The number of cyclic esters (lactones) is 1. The van der Waals surface area contributed by atoms with Crippen molar-refractivity contribution < 1.29 is 22.7 Å². The minimum absolute atomic E-state index is 0.0506. The minimum Gasteiger partial charge on any atom is -0.402 e. The molecule has 0 spiro atoms. The number of nitrogens with zero attached hydrogens (tertiary/aromatic N) is 1. The van der Waals surface area contributed by atoms with Gasteiger partial charge < -0.3 is 4.74 Å². The summed E-state index contributed by atoms with van der Waals surface area (Å²) < 4.78 is 44.1. The molecule has 0 aliphatic carbocycles. The number of rotatable bonds is 2. The van der Waals surface area contributed by atoms with Gasteiger partial charge in [0.15, 0.2) is 17.3 Å². The number of halogens is 3. The molecular weight excluding hydrogens is 295 g/mol. The Bertz CT molecular complexity index is 828. The molecule has 3 rings (SSSR count). The molecule has 3 nitrogen and oxygen atoms in total. The summed E-state index contributed by atoms with van der Waals surface area (Å²) in [5, 5.41) is 0. The zero-order valence-corrected chi connectivity index (χ0v) is 11.0. The van der Waals surface area contributed by atoms with Crippen molar-refractivity contribution in [1.29, 1.82) is 0 Å². The van der Waals surface area contributed by atoms with Crippen molar-refractivity contribution in [2.75, 3.05) is 0 Å². The molecule has 0 N–H and O–H groups in total. The van der Waals surface area contributed by atoms with E-state index in [0.29, 0.717) is 5.56 Å². The van der Waals surface area contributed by atoms with E-state index in [1.54, 1.807) is 6.07 Å². The fourth-order valence-electron chi connectivity index (χ4n) is 1.92. The third-order valence-corrected chi connectivity index (χ3v) is 2.94. The van der Waals surface area contributed by atoms with Crippen molar-refractivity contribution in [2.24, 2.45) is 4.99 Å². The molecule has 110 valence electrons. The van der Waals surface area contributed by atoms with E-state index in [4.69, 9.17) is 4.74 Å². The summed E-state index contributed by atoms with van der Waals surface area (Å²) in [6.45, 7) is 0. The van der Waals surface area contributed by atoms with Crippen LogP contribution in [-0.2, 0) is 9.53 Å². The first-order valence-corrected chi connectivity index (χ1v) is 6.26. The van der Waals surface area contributed by atoms with E-state index >= 15 is 0 Å². The molecule has 0 bridgehead atoms. The van der Waals surface area contributed by atoms with E-state index in [9.17, 15) is 18.0 Å². The molecule has 1 heterocycles. The quantitative estimate of drug-likeness (QED) is 0.629. The maximum atomic E-state index is 13.2. The molecule has 0 amide bonds. The number of carbonyl (C=O) groups is 1. The normalized spacial score (nSPS) is 15.9. The van der Waals surface area contributed by atoms with Gasteiger partial charge in [-0.1, -0.05) is 12.1 Å². The van der Waals surface area contributed by atoms with E-state index in [1.165, 1.54) is 30.3 Å². The maximum absolute atomic E-state index is 13.2. The van der Waals surface area contributed by atoms with Crippen LogP contribution in [0, 0.1) is 17.5 Å². The van der Waals surface area contributed by atoms with Crippen LogP contribution < -0.4 is 0 Å². The Morgan fingerprint density at radius 1 is 1.00 bits per heavy atom. The predicted molar refractivity (Wildman–Crippen MR) is 73.4 cm³/mol. The van der Waals surface area contributed by atoms with Crippen LogP contribution in [0.15, 0.2) is 53.2 Å². The standard InChI is InChI=1S/C16H8F3NO2/c17-11-3-1-2-9(6-11)7-14-16(21)22-15(20-14)10-4-5-12(18)13(19)8-10/h1-8H/b14-7+. The summed E-state index contributed by atoms with van der Waals surface area (Å²) in [5.74, 6) is -3.41. The van der Waals surface area contributed by atoms with Crippen LogP contribution in [0.5, 0.6) is 0 Å². The fraction of sp³-hybridized carbons (Fsp3) is 0. The van der Waals surface area contributed by atoms with Crippen molar-refractivity contribution in [3.05, 3.63) is 76.7 Å². The van der Waals surface area contributed by atoms with Gasteiger partial charge in [-0.15, -0.1) is 0 Å². The van der Waals surface area contributed by atoms with Gasteiger partial charge in [-0.2, -0.15) is 0 Å². The Hall–Kier alpha value is -2.89. The summed E-state index contributed by atoms with van der Waals surface area (Å²) in [6.07, 6.45) is 1.35. The van der Waals surface area contributed by atoms with E-state index in [1.807, 2.05) is 0 Å². The maximum Gasteiger partial charge on any atom is 0.363 e. The van der Waals surface area contributed by atoms with Gasteiger partial charge in [-0.25, -0.2) is 23.0 Å². The summed E-state index contributed by atoms with van der Waals surface area (Å²) in [6, 6.07) is 8.62. The summed E-state index contributed by atoms with van der Waals surface area (Å²) in [5.41, 5.74) is 0.516. The molecule has 1 aliphatic heterocycles. The second-order valence-electron chi connectivity index (χ2n) is 4.52. The molecule has 0 saturated carbocycles. The van der Waals surface area contributed by atoms with Crippen molar-refractivity contribution in [3.8, 4) is 0 Å². The van der Waals surface area contributed by atoms with Gasteiger partial charge in [0.05, 0.1) is 0 Å². The van der Waals surface area contributed by atoms with Crippen LogP contribution in [0.1, 0.15) is 11.1 Å². The molecule has 0 unspecified atom stereocenters. The van der Waals surface area contributed by atoms with Crippen molar-refractivity contribution in [1.82, 2.24) is 0 Å². The Labute approximate surface area is 123 Å². The van der Waals surface area contributed by atoms with Gasteiger partial charge in [-0.05, 0) is 42.0 Å². The second-order valence-corrected chi connectivity index (χ2v) is 4.52.